The standard InChI is InChI=1S/C29H38BrN5O8/c1-6-17-14-29(17,26(39)41-7-2)33-23(36)19-13-18-16-34(19)25(38)22(28(3,4)5)32-27(40)43-12-10-8-9-11-42-20-15-31-35(18)24(37)21(20)30/h6,8,10,15,17-19,22H,1,7,9,11-14,16H2,2-5H3,(H,32,40)(H,33,36)/b10-8+/t17?,18-,19+,22-,29-/m1/s1. The molecule has 4 aliphatic rings. The number of esters is 1. The highest BCUT2D eigenvalue weighted by atomic mass is 79.9. The molecular formula is C29H38BrN5O8. The van der Waals surface area contributed by atoms with Gasteiger partial charge in [-0.3, -0.25) is 14.4 Å². The molecule has 1 unspecified atom stereocenters. The van der Waals surface area contributed by atoms with E-state index in [1.165, 1.54) is 15.8 Å². The third-order valence-electron chi connectivity index (χ3n) is 7.80. The van der Waals surface area contributed by atoms with Crippen molar-refractivity contribution in [1.82, 2.24) is 25.3 Å². The third-order valence-corrected chi connectivity index (χ3v) is 8.53. The number of halogens is 1. The van der Waals surface area contributed by atoms with Crippen molar-refractivity contribution in [2.45, 2.75) is 70.6 Å². The molecule has 1 saturated carbocycles. The summed E-state index contributed by atoms with van der Waals surface area (Å²) in [6.45, 7) is 11.1. The molecule has 4 bridgehead atoms. The Balaban J connectivity index is 1.73. The first-order chi connectivity index (χ1) is 20.3. The van der Waals surface area contributed by atoms with Gasteiger partial charge >= 0.3 is 12.1 Å². The topological polar surface area (TPSA) is 158 Å². The highest BCUT2D eigenvalue weighted by molar-refractivity contribution is 9.10. The second-order valence-corrected chi connectivity index (χ2v) is 12.6. The van der Waals surface area contributed by atoms with E-state index in [0.717, 1.165) is 0 Å². The number of carbonyl (C=O) groups excluding carboxylic acids is 4. The number of ether oxygens (including phenoxy) is 3. The van der Waals surface area contributed by atoms with Gasteiger partial charge in [0, 0.05) is 18.9 Å². The molecule has 14 heteroatoms. The first-order valence-electron chi connectivity index (χ1n) is 14.2. The number of aromatic nitrogens is 2. The molecule has 43 heavy (non-hydrogen) atoms. The summed E-state index contributed by atoms with van der Waals surface area (Å²) in [6, 6.07) is -2.86. The van der Waals surface area contributed by atoms with Crippen LogP contribution in [0.25, 0.3) is 0 Å². The molecule has 5 atom stereocenters. The van der Waals surface area contributed by atoms with E-state index in [4.69, 9.17) is 14.2 Å². The van der Waals surface area contributed by atoms with Gasteiger partial charge in [0.05, 0.1) is 25.5 Å². The molecular weight excluding hydrogens is 626 g/mol. The minimum atomic E-state index is -1.29. The predicted molar refractivity (Wildman–Crippen MR) is 158 cm³/mol. The molecule has 0 radical (unpaired) electrons. The van der Waals surface area contributed by atoms with Crippen LogP contribution in [-0.4, -0.2) is 82.5 Å². The molecule has 0 spiro atoms. The zero-order valence-corrected chi connectivity index (χ0v) is 26.3. The monoisotopic (exact) mass is 663 g/mol. The van der Waals surface area contributed by atoms with E-state index in [2.05, 4.69) is 38.2 Å². The van der Waals surface area contributed by atoms with Gasteiger partial charge < -0.3 is 29.7 Å². The number of hydrogen-bond donors (Lipinski definition) is 2. The van der Waals surface area contributed by atoms with Crippen LogP contribution in [0.15, 0.2) is 40.3 Å². The van der Waals surface area contributed by atoms with Crippen LogP contribution in [0.3, 0.4) is 0 Å². The van der Waals surface area contributed by atoms with Crippen molar-refractivity contribution in [3.8, 4) is 5.75 Å². The maximum absolute atomic E-state index is 14.2. The first-order valence-corrected chi connectivity index (χ1v) is 15.0. The molecule has 13 nitrogen and oxygen atoms in total. The van der Waals surface area contributed by atoms with Gasteiger partial charge in [-0.2, -0.15) is 5.10 Å². The Bertz CT molecular complexity index is 1370. The number of amides is 3. The summed E-state index contributed by atoms with van der Waals surface area (Å²) in [5.41, 5.74) is -2.55. The Morgan fingerprint density at radius 3 is 2.67 bits per heavy atom. The van der Waals surface area contributed by atoms with E-state index >= 15 is 0 Å². The van der Waals surface area contributed by atoms with E-state index < -0.39 is 58.5 Å². The molecule has 1 aromatic heterocycles. The highest BCUT2D eigenvalue weighted by Gasteiger charge is 2.62. The number of nitrogens with one attached hydrogen (secondary N) is 2. The number of rotatable bonds is 5. The Morgan fingerprint density at radius 2 is 2.02 bits per heavy atom. The van der Waals surface area contributed by atoms with E-state index in [0.29, 0.717) is 12.8 Å². The van der Waals surface area contributed by atoms with Crippen LogP contribution in [0.4, 0.5) is 4.79 Å². The van der Waals surface area contributed by atoms with E-state index in [9.17, 15) is 24.0 Å². The maximum atomic E-state index is 14.2. The number of alkyl carbamates (subject to hydrolysis) is 1. The van der Waals surface area contributed by atoms with Gasteiger partial charge in [-0.05, 0) is 41.1 Å². The summed E-state index contributed by atoms with van der Waals surface area (Å²) in [6.07, 6.45) is 6.43. The quantitative estimate of drug-likeness (QED) is 0.356. The molecule has 4 heterocycles. The number of carbonyl (C=O) groups is 4. The second kappa shape index (κ2) is 12.9. The molecule has 0 aromatic carbocycles. The van der Waals surface area contributed by atoms with Crippen LogP contribution in [0.5, 0.6) is 5.75 Å². The van der Waals surface area contributed by atoms with E-state index in [1.807, 2.05) is 0 Å². The largest absolute Gasteiger partial charge is 0.490 e. The summed E-state index contributed by atoms with van der Waals surface area (Å²) in [5.74, 6) is -1.80. The summed E-state index contributed by atoms with van der Waals surface area (Å²) in [4.78, 5) is 68.3. The van der Waals surface area contributed by atoms with Crippen molar-refractivity contribution in [2.24, 2.45) is 11.3 Å². The fraction of sp³-hybridized carbons (Fsp3) is 0.586. The van der Waals surface area contributed by atoms with Crippen molar-refractivity contribution < 1.29 is 33.4 Å². The zero-order valence-electron chi connectivity index (χ0n) is 24.8. The average molecular weight is 665 g/mol. The first kappa shape index (κ1) is 32.2. The molecule has 1 aromatic rings. The molecule has 1 aliphatic carbocycles. The van der Waals surface area contributed by atoms with Crippen molar-refractivity contribution in [1.29, 1.82) is 0 Å². The van der Waals surface area contributed by atoms with Gasteiger partial charge in [-0.1, -0.05) is 39.0 Å². The zero-order chi connectivity index (χ0) is 31.5. The SMILES string of the molecule is C=CC1C[C@]1(NC(=O)[C@@H]1C[C@@H]2CN1C(=O)[C@H](C(C)(C)C)NC(=O)OC/C=C/CCOc1cnn2c(=O)c1Br)C(=O)OCC. The summed E-state index contributed by atoms with van der Waals surface area (Å²) in [5, 5.41) is 9.79. The summed E-state index contributed by atoms with van der Waals surface area (Å²) in [7, 11) is 0. The van der Waals surface area contributed by atoms with Gasteiger partial charge in [0.2, 0.25) is 11.8 Å². The molecule has 2 N–H and O–H groups in total. The Kier molecular flexibility index (Phi) is 9.67. The lowest BCUT2D eigenvalue weighted by molar-refractivity contribution is -0.150. The Hall–Kier alpha value is -3.68. The number of nitrogens with zero attached hydrogens (tertiary/aromatic N) is 3. The van der Waals surface area contributed by atoms with Gasteiger partial charge in [0.1, 0.15) is 28.7 Å². The van der Waals surface area contributed by atoms with Gasteiger partial charge in [-0.15, -0.1) is 6.58 Å². The molecule has 234 valence electrons. The minimum absolute atomic E-state index is 0.0278. The van der Waals surface area contributed by atoms with Crippen molar-refractivity contribution >= 4 is 39.8 Å². The second-order valence-electron chi connectivity index (χ2n) is 11.8. The van der Waals surface area contributed by atoms with Gasteiger partial charge in [0.15, 0.2) is 5.75 Å². The number of fused-ring (bicyclic) bond motifs is 11. The van der Waals surface area contributed by atoms with Crippen LogP contribution >= 0.6 is 15.9 Å². The van der Waals surface area contributed by atoms with Crippen LogP contribution in [0, 0.1) is 11.3 Å². The smallest absolute Gasteiger partial charge is 0.408 e. The summed E-state index contributed by atoms with van der Waals surface area (Å²) >= 11 is 3.31. The van der Waals surface area contributed by atoms with Crippen LogP contribution in [0.1, 0.15) is 53.0 Å². The van der Waals surface area contributed by atoms with Gasteiger partial charge in [-0.25, -0.2) is 14.3 Å². The van der Waals surface area contributed by atoms with Crippen LogP contribution in [0.2, 0.25) is 0 Å². The maximum Gasteiger partial charge on any atom is 0.408 e. The van der Waals surface area contributed by atoms with Crippen molar-refractivity contribution in [3.63, 3.8) is 0 Å². The third kappa shape index (κ3) is 6.78. The molecule has 2 fully saturated rings. The molecule has 3 aliphatic heterocycles. The van der Waals surface area contributed by atoms with Gasteiger partial charge in [0.25, 0.3) is 5.56 Å². The molecule has 1 saturated heterocycles. The lowest BCUT2D eigenvalue weighted by Crippen LogP contribution is -2.59. The minimum Gasteiger partial charge on any atom is -0.490 e. The lowest BCUT2D eigenvalue weighted by atomic mass is 9.85. The van der Waals surface area contributed by atoms with E-state index in [1.54, 1.807) is 45.9 Å². The average Bonchev–Trinajstić information content (AvgIpc) is 3.49. The molecule has 3 amide bonds. The van der Waals surface area contributed by atoms with Crippen LogP contribution in [-0.2, 0) is 23.9 Å². The number of hydrogen-bond acceptors (Lipinski definition) is 9. The van der Waals surface area contributed by atoms with Crippen molar-refractivity contribution in [3.05, 3.63) is 45.8 Å². The predicted octanol–water partition coefficient (Wildman–Crippen LogP) is 2.25. The fourth-order valence-corrected chi connectivity index (χ4v) is 5.76. The molecule has 5 rings (SSSR count). The van der Waals surface area contributed by atoms with Crippen LogP contribution < -0.4 is 20.9 Å². The fourth-order valence-electron chi connectivity index (χ4n) is 5.36. The Labute approximate surface area is 258 Å². The summed E-state index contributed by atoms with van der Waals surface area (Å²) < 4.78 is 17.6. The van der Waals surface area contributed by atoms with E-state index in [-0.39, 0.29) is 48.9 Å². The lowest BCUT2D eigenvalue weighted by Gasteiger charge is -2.35. The van der Waals surface area contributed by atoms with Crippen molar-refractivity contribution in [2.75, 3.05) is 26.4 Å². The normalized spacial score (nSPS) is 28.4. The Morgan fingerprint density at radius 1 is 1.28 bits per heavy atom. The highest BCUT2D eigenvalue weighted by Crippen LogP contribution is 2.46.